The number of carbonyl (C=O) groups excluding carboxylic acids is 1. The van der Waals surface area contributed by atoms with Crippen LogP contribution >= 0.6 is 0 Å². The monoisotopic (exact) mass is 269 g/mol. The van der Waals surface area contributed by atoms with Gasteiger partial charge in [-0.3, -0.25) is 4.79 Å². The highest BCUT2D eigenvalue weighted by atomic mass is 16.5. The minimum atomic E-state index is 0.0164. The first-order chi connectivity index (χ1) is 9.76. The average molecular weight is 269 g/mol. The molecule has 2 rings (SSSR count). The quantitative estimate of drug-likeness (QED) is 0.831. The summed E-state index contributed by atoms with van der Waals surface area (Å²) in [6, 6.07) is 17.3. The van der Waals surface area contributed by atoms with E-state index in [-0.39, 0.29) is 5.91 Å². The molecule has 20 heavy (non-hydrogen) atoms. The molecular formula is C17H19NO2. The summed E-state index contributed by atoms with van der Waals surface area (Å²) in [4.78, 5) is 14.3. The number of methoxy groups -OCH3 is 1. The largest absolute Gasteiger partial charge is 0.380 e. The van der Waals surface area contributed by atoms with E-state index in [9.17, 15) is 4.79 Å². The fraction of sp³-hybridized carbons (Fsp3) is 0.235. The molecule has 3 nitrogen and oxygen atoms in total. The summed E-state index contributed by atoms with van der Waals surface area (Å²) in [7, 11) is 1.66. The van der Waals surface area contributed by atoms with Crippen LogP contribution in [0.5, 0.6) is 0 Å². The van der Waals surface area contributed by atoms with Crippen molar-refractivity contribution in [1.82, 2.24) is 0 Å². The highest BCUT2D eigenvalue weighted by Crippen LogP contribution is 2.17. The van der Waals surface area contributed by atoms with Gasteiger partial charge in [0.15, 0.2) is 0 Å². The molecule has 2 aromatic rings. The predicted octanol–water partition coefficient (Wildman–Crippen LogP) is 3.50. The molecule has 0 aliphatic rings. The van der Waals surface area contributed by atoms with Gasteiger partial charge < -0.3 is 9.64 Å². The number of amides is 1. The molecule has 0 aliphatic carbocycles. The Morgan fingerprint density at radius 1 is 1.05 bits per heavy atom. The molecule has 0 fully saturated rings. The number of hydrogen-bond acceptors (Lipinski definition) is 2. The van der Waals surface area contributed by atoms with Gasteiger partial charge in [0.25, 0.3) is 5.91 Å². The summed E-state index contributed by atoms with van der Waals surface area (Å²) >= 11 is 0. The number of nitrogens with zero attached hydrogens (tertiary/aromatic N) is 1. The van der Waals surface area contributed by atoms with Gasteiger partial charge in [0.2, 0.25) is 0 Å². The van der Waals surface area contributed by atoms with Crippen molar-refractivity contribution < 1.29 is 9.53 Å². The van der Waals surface area contributed by atoms with E-state index in [0.717, 1.165) is 11.3 Å². The molecule has 0 N–H and O–H groups in total. The number of carbonyl (C=O) groups is 1. The van der Waals surface area contributed by atoms with E-state index in [2.05, 4.69) is 0 Å². The van der Waals surface area contributed by atoms with Crippen molar-refractivity contribution in [3.8, 4) is 0 Å². The van der Waals surface area contributed by atoms with Crippen molar-refractivity contribution in [2.24, 2.45) is 0 Å². The van der Waals surface area contributed by atoms with Crippen molar-refractivity contribution in [2.75, 3.05) is 18.6 Å². The summed E-state index contributed by atoms with van der Waals surface area (Å²) in [5, 5.41) is 0. The Labute approximate surface area is 119 Å². The standard InChI is InChI=1S/C17H19NO2/c1-3-18(16-7-5-4-6-8-16)17(19)15-11-9-14(10-12-15)13-20-2/h4-12H,3,13H2,1-2H3. The molecule has 0 saturated carbocycles. The minimum absolute atomic E-state index is 0.0164. The van der Waals surface area contributed by atoms with Gasteiger partial charge in [0.05, 0.1) is 6.61 Å². The Hall–Kier alpha value is -2.13. The topological polar surface area (TPSA) is 29.5 Å². The average Bonchev–Trinajstić information content (AvgIpc) is 2.50. The Bertz CT molecular complexity index is 549. The van der Waals surface area contributed by atoms with Crippen LogP contribution in [0.25, 0.3) is 0 Å². The van der Waals surface area contributed by atoms with E-state index in [0.29, 0.717) is 18.7 Å². The second kappa shape index (κ2) is 6.87. The van der Waals surface area contributed by atoms with Gasteiger partial charge in [0, 0.05) is 24.9 Å². The first kappa shape index (κ1) is 14.3. The molecule has 0 heterocycles. The number of anilines is 1. The molecule has 0 atom stereocenters. The molecule has 0 bridgehead atoms. The maximum absolute atomic E-state index is 12.5. The third-order valence-electron chi connectivity index (χ3n) is 3.14. The van der Waals surface area contributed by atoms with E-state index in [4.69, 9.17) is 4.74 Å². The maximum Gasteiger partial charge on any atom is 0.258 e. The number of ether oxygens (including phenoxy) is 1. The lowest BCUT2D eigenvalue weighted by Gasteiger charge is -2.21. The van der Waals surface area contributed by atoms with Crippen molar-refractivity contribution in [1.29, 1.82) is 0 Å². The van der Waals surface area contributed by atoms with Crippen LogP contribution in [-0.4, -0.2) is 19.6 Å². The van der Waals surface area contributed by atoms with Crippen LogP contribution in [0.15, 0.2) is 54.6 Å². The first-order valence-corrected chi connectivity index (χ1v) is 6.71. The molecule has 104 valence electrons. The Balaban J connectivity index is 2.20. The van der Waals surface area contributed by atoms with Crippen molar-refractivity contribution >= 4 is 11.6 Å². The summed E-state index contributed by atoms with van der Waals surface area (Å²) < 4.78 is 5.07. The van der Waals surface area contributed by atoms with Gasteiger partial charge in [0.1, 0.15) is 0 Å². The molecule has 0 aromatic heterocycles. The molecule has 0 aliphatic heterocycles. The zero-order valence-electron chi connectivity index (χ0n) is 11.9. The summed E-state index contributed by atoms with van der Waals surface area (Å²) in [6.45, 7) is 3.18. The van der Waals surface area contributed by atoms with Gasteiger partial charge in [-0.1, -0.05) is 30.3 Å². The van der Waals surface area contributed by atoms with Crippen LogP contribution in [0.2, 0.25) is 0 Å². The fourth-order valence-electron chi connectivity index (χ4n) is 2.12. The zero-order valence-corrected chi connectivity index (χ0v) is 11.9. The molecule has 0 spiro atoms. The molecule has 1 amide bonds. The van der Waals surface area contributed by atoms with E-state index in [1.807, 2.05) is 61.5 Å². The first-order valence-electron chi connectivity index (χ1n) is 6.71. The summed E-state index contributed by atoms with van der Waals surface area (Å²) in [6.07, 6.45) is 0. The molecule has 0 radical (unpaired) electrons. The second-order valence-corrected chi connectivity index (χ2v) is 4.51. The van der Waals surface area contributed by atoms with Crippen LogP contribution in [0.4, 0.5) is 5.69 Å². The smallest absolute Gasteiger partial charge is 0.258 e. The van der Waals surface area contributed by atoms with Crippen LogP contribution in [0, 0.1) is 0 Å². The second-order valence-electron chi connectivity index (χ2n) is 4.51. The zero-order chi connectivity index (χ0) is 14.4. The lowest BCUT2D eigenvalue weighted by molar-refractivity contribution is 0.0988. The van der Waals surface area contributed by atoms with Crippen LogP contribution < -0.4 is 4.90 Å². The summed E-state index contributed by atoms with van der Waals surface area (Å²) in [5.74, 6) is 0.0164. The number of rotatable bonds is 5. The van der Waals surface area contributed by atoms with E-state index in [1.54, 1.807) is 12.0 Å². The van der Waals surface area contributed by atoms with E-state index in [1.165, 1.54) is 0 Å². The van der Waals surface area contributed by atoms with Crippen molar-refractivity contribution in [3.63, 3.8) is 0 Å². The number of hydrogen-bond donors (Lipinski definition) is 0. The van der Waals surface area contributed by atoms with Crippen LogP contribution in [0.3, 0.4) is 0 Å². The lowest BCUT2D eigenvalue weighted by Crippen LogP contribution is -2.30. The van der Waals surface area contributed by atoms with Crippen LogP contribution in [-0.2, 0) is 11.3 Å². The summed E-state index contributed by atoms with van der Waals surface area (Å²) in [5.41, 5.74) is 2.67. The molecule has 3 heteroatoms. The van der Waals surface area contributed by atoms with Gasteiger partial charge in [-0.2, -0.15) is 0 Å². The molecular weight excluding hydrogens is 250 g/mol. The Morgan fingerprint density at radius 3 is 2.25 bits per heavy atom. The SMILES string of the molecule is CCN(C(=O)c1ccc(COC)cc1)c1ccccc1. The van der Waals surface area contributed by atoms with Gasteiger partial charge in [-0.05, 0) is 36.8 Å². The van der Waals surface area contributed by atoms with E-state index >= 15 is 0 Å². The number of benzene rings is 2. The Morgan fingerprint density at radius 2 is 1.70 bits per heavy atom. The number of para-hydroxylation sites is 1. The highest BCUT2D eigenvalue weighted by Gasteiger charge is 2.15. The molecule has 2 aromatic carbocycles. The Kier molecular flexibility index (Phi) is 4.91. The molecule has 0 unspecified atom stereocenters. The predicted molar refractivity (Wildman–Crippen MR) is 80.9 cm³/mol. The van der Waals surface area contributed by atoms with Crippen molar-refractivity contribution in [2.45, 2.75) is 13.5 Å². The maximum atomic E-state index is 12.5. The fourth-order valence-corrected chi connectivity index (χ4v) is 2.12. The van der Waals surface area contributed by atoms with Crippen molar-refractivity contribution in [3.05, 3.63) is 65.7 Å². The normalized spacial score (nSPS) is 10.3. The van der Waals surface area contributed by atoms with Crippen LogP contribution in [0.1, 0.15) is 22.8 Å². The third-order valence-corrected chi connectivity index (χ3v) is 3.14. The lowest BCUT2D eigenvalue weighted by atomic mass is 10.1. The molecule has 0 saturated heterocycles. The van der Waals surface area contributed by atoms with Gasteiger partial charge in [-0.15, -0.1) is 0 Å². The third kappa shape index (κ3) is 3.25. The van der Waals surface area contributed by atoms with Gasteiger partial charge in [-0.25, -0.2) is 0 Å². The minimum Gasteiger partial charge on any atom is -0.380 e. The van der Waals surface area contributed by atoms with E-state index < -0.39 is 0 Å². The highest BCUT2D eigenvalue weighted by molar-refractivity contribution is 6.06. The van der Waals surface area contributed by atoms with Gasteiger partial charge >= 0.3 is 0 Å².